The van der Waals surface area contributed by atoms with Gasteiger partial charge in [-0.2, -0.15) is 4.98 Å². The molecule has 3 rings (SSSR count). The number of alkyl halides is 1. The third kappa shape index (κ3) is 2.19. The number of aryl methyl sites for hydroxylation is 1. The lowest BCUT2D eigenvalue weighted by atomic mass is 10.2. The Labute approximate surface area is 118 Å². The number of hydrogen-bond acceptors (Lipinski definition) is 3. The van der Waals surface area contributed by atoms with Crippen LogP contribution < -0.4 is 4.74 Å². The number of rotatable bonds is 3. The smallest absolute Gasteiger partial charge is 0.243 e. The van der Waals surface area contributed by atoms with Gasteiger partial charge in [0, 0.05) is 11.6 Å². The molecule has 0 amide bonds. The summed E-state index contributed by atoms with van der Waals surface area (Å²) >= 11 is 7.39. The Morgan fingerprint density at radius 3 is 3.11 bits per heavy atom. The van der Waals surface area contributed by atoms with E-state index in [0.29, 0.717) is 5.88 Å². The fourth-order valence-electron chi connectivity index (χ4n) is 1.81. The number of nitrogens with zero attached hydrogens (tertiary/aromatic N) is 2. The van der Waals surface area contributed by atoms with Crippen LogP contribution in [0.1, 0.15) is 11.3 Å². The minimum Gasteiger partial charge on any atom is -0.434 e. The van der Waals surface area contributed by atoms with Crippen molar-refractivity contribution in [2.24, 2.45) is 0 Å². The molecule has 0 aliphatic rings. The Morgan fingerprint density at radius 1 is 1.47 bits per heavy atom. The molecule has 0 atom stereocenters. The highest BCUT2D eigenvalue weighted by Gasteiger charge is 2.16. The Hall–Kier alpha value is -1.59. The van der Waals surface area contributed by atoms with E-state index in [4.69, 9.17) is 16.3 Å². The van der Waals surface area contributed by atoms with Crippen LogP contribution in [0.2, 0.25) is 0 Å². The van der Waals surface area contributed by atoms with Crippen molar-refractivity contribution in [2.75, 3.05) is 0 Å². The number of fused-ring (bicyclic) bond motifs is 1. The Bertz CT molecular complexity index is 737. The van der Waals surface area contributed by atoms with Crippen LogP contribution in [-0.2, 0) is 5.88 Å². The molecule has 19 heavy (non-hydrogen) atoms. The number of imidazole rings is 1. The van der Waals surface area contributed by atoms with Crippen molar-refractivity contribution in [3.8, 4) is 11.6 Å². The van der Waals surface area contributed by atoms with Gasteiger partial charge in [0.25, 0.3) is 0 Å². The van der Waals surface area contributed by atoms with Crippen molar-refractivity contribution >= 4 is 27.9 Å². The predicted octanol–water partition coefficient (Wildman–Crippen LogP) is 4.37. The average molecular weight is 297 g/mol. The number of hydrogen-bond donors (Lipinski definition) is 0. The van der Waals surface area contributed by atoms with Gasteiger partial charge in [0.15, 0.2) is 16.5 Å². The first-order valence-corrected chi connectivity index (χ1v) is 7.05. The van der Waals surface area contributed by atoms with Crippen LogP contribution in [0.4, 0.5) is 4.39 Å². The van der Waals surface area contributed by atoms with Gasteiger partial charge >= 0.3 is 0 Å². The standard InChI is InChI=1S/C13H10ClFN2OS/c1-8-2-3-9(15)11(6-8)18-12-10(7-14)17-4-5-19-13(17)16-12/h2-6H,7H2,1H3. The molecule has 0 radical (unpaired) electrons. The molecule has 0 aliphatic heterocycles. The second-order valence-corrected chi connectivity index (χ2v) is 5.23. The molecule has 2 heterocycles. The van der Waals surface area contributed by atoms with E-state index in [1.165, 1.54) is 17.4 Å². The van der Waals surface area contributed by atoms with Crippen LogP contribution in [-0.4, -0.2) is 9.38 Å². The molecule has 0 bridgehead atoms. The lowest BCUT2D eigenvalue weighted by Crippen LogP contribution is -1.93. The molecule has 0 unspecified atom stereocenters. The highest BCUT2D eigenvalue weighted by Crippen LogP contribution is 2.30. The summed E-state index contributed by atoms with van der Waals surface area (Å²) in [5.74, 6) is 0.353. The van der Waals surface area contributed by atoms with Gasteiger partial charge < -0.3 is 4.74 Å². The maximum atomic E-state index is 13.7. The molecule has 0 saturated heterocycles. The molecule has 0 saturated carbocycles. The van der Waals surface area contributed by atoms with E-state index in [0.717, 1.165) is 16.2 Å². The zero-order valence-corrected chi connectivity index (χ0v) is 11.6. The molecule has 1 aromatic carbocycles. The monoisotopic (exact) mass is 296 g/mol. The zero-order chi connectivity index (χ0) is 13.4. The van der Waals surface area contributed by atoms with E-state index in [-0.39, 0.29) is 11.6 Å². The molecular weight excluding hydrogens is 287 g/mol. The largest absolute Gasteiger partial charge is 0.434 e. The van der Waals surface area contributed by atoms with Crippen molar-refractivity contribution in [1.29, 1.82) is 0 Å². The molecule has 0 aliphatic carbocycles. The van der Waals surface area contributed by atoms with Gasteiger partial charge in [0.1, 0.15) is 5.69 Å². The maximum absolute atomic E-state index is 13.7. The number of aromatic nitrogens is 2. The van der Waals surface area contributed by atoms with Crippen LogP contribution >= 0.6 is 22.9 Å². The highest BCUT2D eigenvalue weighted by atomic mass is 35.5. The first-order chi connectivity index (χ1) is 9.19. The van der Waals surface area contributed by atoms with Gasteiger partial charge in [0.2, 0.25) is 5.88 Å². The van der Waals surface area contributed by atoms with Crippen molar-refractivity contribution < 1.29 is 9.13 Å². The van der Waals surface area contributed by atoms with Crippen LogP contribution in [0, 0.1) is 12.7 Å². The summed E-state index contributed by atoms with van der Waals surface area (Å²) in [6.07, 6.45) is 1.87. The number of thiazole rings is 1. The minimum absolute atomic E-state index is 0.164. The predicted molar refractivity (Wildman–Crippen MR) is 73.8 cm³/mol. The lowest BCUT2D eigenvalue weighted by molar-refractivity contribution is 0.426. The van der Waals surface area contributed by atoms with Crippen LogP contribution in [0.5, 0.6) is 11.6 Å². The highest BCUT2D eigenvalue weighted by molar-refractivity contribution is 7.15. The summed E-state index contributed by atoms with van der Waals surface area (Å²) < 4.78 is 21.1. The summed E-state index contributed by atoms with van der Waals surface area (Å²) in [5, 5.41) is 1.91. The summed E-state index contributed by atoms with van der Waals surface area (Å²) in [5.41, 5.74) is 1.64. The first-order valence-electron chi connectivity index (χ1n) is 5.63. The quantitative estimate of drug-likeness (QED) is 0.671. The number of benzene rings is 1. The number of halogens is 2. The molecule has 0 N–H and O–H groups in total. The normalized spacial score (nSPS) is 11.1. The van der Waals surface area contributed by atoms with Gasteiger partial charge in [-0.05, 0) is 24.6 Å². The molecule has 0 spiro atoms. The Morgan fingerprint density at radius 2 is 2.32 bits per heavy atom. The van der Waals surface area contributed by atoms with Crippen molar-refractivity contribution in [3.63, 3.8) is 0 Å². The summed E-state index contributed by atoms with van der Waals surface area (Å²) in [6.45, 7) is 1.88. The summed E-state index contributed by atoms with van der Waals surface area (Å²) in [6, 6.07) is 4.71. The van der Waals surface area contributed by atoms with Crippen molar-refractivity contribution in [2.45, 2.75) is 12.8 Å². The van der Waals surface area contributed by atoms with E-state index < -0.39 is 5.82 Å². The first kappa shape index (κ1) is 12.4. The number of ether oxygens (including phenoxy) is 1. The van der Waals surface area contributed by atoms with Crippen molar-refractivity contribution in [3.05, 3.63) is 46.9 Å². The maximum Gasteiger partial charge on any atom is 0.243 e. The van der Waals surface area contributed by atoms with E-state index in [9.17, 15) is 4.39 Å². The average Bonchev–Trinajstić information content (AvgIpc) is 2.94. The van der Waals surface area contributed by atoms with Gasteiger partial charge in [-0.25, -0.2) is 4.39 Å². The molecule has 3 aromatic rings. The van der Waals surface area contributed by atoms with E-state index >= 15 is 0 Å². The minimum atomic E-state index is -0.414. The Balaban J connectivity index is 2.05. The SMILES string of the molecule is Cc1ccc(F)c(Oc2nc3sccn3c2CCl)c1. The zero-order valence-electron chi connectivity index (χ0n) is 10.1. The summed E-state index contributed by atoms with van der Waals surface area (Å²) in [7, 11) is 0. The molecule has 0 fully saturated rings. The fourth-order valence-corrected chi connectivity index (χ4v) is 2.78. The second-order valence-electron chi connectivity index (χ2n) is 4.09. The van der Waals surface area contributed by atoms with E-state index in [2.05, 4.69) is 4.98 Å². The molecule has 98 valence electrons. The van der Waals surface area contributed by atoms with Crippen LogP contribution in [0.15, 0.2) is 29.8 Å². The fraction of sp³-hybridized carbons (Fsp3) is 0.154. The Kier molecular flexibility index (Phi) is 3.16. The third-order valence-corrected chi connectivity index (χ3v) is 3.75. The topological polar surface area (TPSA) is 26.5 Å². The van der Waals surface area contributed by atoms with E-state index in [1.807, 2.05) is 22.9 Å². The van der Waals surface area contributed by atoms with Crippen LogP contribution in [0.25, 0.3) is 4.96 Å². The van der Waals surface area contributed by atoms with Crippen LogP contribution in [0.3, 0.4) is 0 Å². The van der Waals surface area contributed by atoms with Gasteiger partial charge in [-0.1, -0.05) is 6.07 Å². The van der Waals surface area contributed by atoms with E-state index in [1.54, 1.807) is 12.1 Å². The third-order valence-electron chi connectivity index (χ3n) is 2.74. The molecule has 6 heteroatoms. The van der Waals surface area contributed by atoms with Gasteiger partial charge in [0.05, 0.1) is 5.88 Å². The summed E-state index contributed by atoms with van der Waals surface area (Å²) in [4.78, 5) is 5.09. The van der Waals surface area contributed by atoms with Crippen molar-refractivity contribution in [1.82, 2.24) is 9.38 Å². The molecule has 3 nitrogen and oxygen atoms in total. The molecular formula is C13H10ClFN2OS. The molecule has 2 aromatic heterocycles. The van der Waals surface area contributed by atoms with Gasteiger partial charge in [-0.3, -0.25) is 4.40 Å². The second kappa shape index (κ2) is 4.83. The van der Waals surface area contributed by atoms with Gasteiger partial charge in [-0.15, -0.1) is 22.9 Å². The lowest BCUT2D eigenvalue weighted by Gasteiger charge is -2.06.